The largest absolute Gasteiger partial charge is 0.385 e. The standard InChI is InChI=1S/C10H15N3O4S2/c1-2-7-4-3-5-12(7)19(16,17)9-6-8(13(14)15)10(11)18-9/h6-7H,2-5,11H2,1H3. The Morgan fingerprint density at radius 2 is 2.32 bits per heavy atom. The summed E-state index contributed by atoms with van der Waals surface area (Å²) in [6.45, 7) is 2.40. The molecule has 0 amide bonds. The molecule has 1 unspecified atom stereocenters. The van der Waals surface area contributed by atoms with Crippen molar-refractivity contribution in [2.75, 3.05) is 12.3 Å². The van der Waals surface area contributed by atoms with Crippen LogP contribution in [0.15, 0.2) is 10.3 Å². The second kappa shape index (κ2) is 5.06. The lowest BCUT2D eigenvalue weighted by atomic mass is 10.2. The molecule has 0 bridgehead atoms. The lowest BCUT2D eigenvalue weighted by molar-refractivity contribution is -0.383. The van der Waals surface area contributed by atoms with Gasteiger partial charge in [-0.15, -0.1) is 0 Å². The molecule has 1 fully saturated rings. The molecular formula is C10H15N3O4S2. The molecular weight excluding hydrogens is 290 g/mol. The first-order valence-corrected chi connectivity index (χ1v) is 8.19. The number of thiophene rings is 1. The van der Waals surface area contributed by atoms with Crippen LogP contribution >= 0.6 is 11.3 Å². The Bertz CT molecular complexity index is 596. The van der Waals surface area contributed by atoms with Gasteiger partial charge in [0.05, 0.1) is 4.92 Å². The molecule has 0 aromatic carbocycles. The van der Waals surface area contributed by atoms with Gasteiger partial charge in [0.25, 0.3) is 10.0 Å². The van der Waals surface area contributed by atoms with Gasteiger partial charge in [0.2, 0.25) is 0 Å². The minimum absolute atomic E-state index is 0.0209. The fourth-order valence-corrected chi connectivity index (χ4v) is 5.40. The Labute approximate surface area is 115 Å². The highest BCUT2D eigenvalue weighted by molar-refractivity contribution is 7.91. The summed E-state index contributed by atoms with van der Waals surface area (Å²) in [5.74, 6) is 0. The predicted octanol–water partition coefficient (Wildman–Crippen LogP) is 1.80. The van der Waals surface area contributed by atoms with Crippen molar-refractivity contribution in [2.24, 2.45) is 0 Å². The van der Waals surface area contributed by atoms with Gasteiger partial charge in [-0.2, -0.15) is 4.31 Å². The Balaban J connectivity index is 2.40. The predicted molar refractivity (Wildman–Crippen MR) is 72.6 cm³/mol. The molecule has 0 radical (unpaired) electrons. The topological polar surface area (TPSA) is 107 Å². The van der Waals surface area contributed by atoms with E-state index >= 15 is 0 Å². The number of hydrogen-bond donors (Lipinski definition) is 1. The summed E-state index contributed by atoms with van der Waals surface area (Å²) < 4.78 is 26.3. The van der Waals surface area contributed by atoms with Crippen molar-refractivity contribution in [3.05, 3.63) is 16.2 Å². The molecule has 19 heavy (non-hydrogen) atoms. The van der Waals surface area contributed by atoms with Crippen molar-refractivity contribution in [3.63, 3.8) is 0 Å². The SMILES string of the molecule is CCC1CCCN1S(=O)(=O)c1cc([N+](=O)[O-])c(N)s1. The van der Waals surface area contributed by atoms with Gasteiger partial charge in [-0.3, -0.25) is 10.1 Å². The molecule has 1 aliphatic rings. The zero-order valence-electron chi connectivity index (χ0n) is 10.4. The summed E-state index contributed by atoms with van der Waals surface area (Å²) >= 11 is 0.755. The van der Waals surface area contributed by atoms with Gasteiger partial charge in [0.1, 0.15) is 4.21 Å². The maximum absolute atomic E-state index is 12.5. The first-order chi connectivity index (χ1) is 8.87. The first-order valence-electron chi connectivity index (χ1n) is 5.93. The fourth-order valence-electron chi connectivity index (χ4n) is 2.29. The maximum Gasteiger partial charge on any atom is 0.304 e. The van der Waals surface area contributed by atoms with Crippen molar-refractivity contribution < 1.29 is 13.3 Å². The number of nitrogens with zero attached hydrogens (tertiary/aromatic N) is 2. The molecule has 106 valence electrons. The van der Waals surface area contributed by atoms with Gasteiger partial charge in [0, 0.05) is 18.7 Å². The van der Waals surface area contributed by atoms with E-state index in [1.54, 1.807) is 0 Å². The lowest BCUT2D eigenvalue weighted by Gasteiger charge is -2.21. The van der Waals surface area contributed by atoms with E-state index in [9.17, 15) is 18.5 Å². The van der Waals surface area contributed by atoms with Crippen LogP contribution in [-0.2, 0) is 10.0 Å². The Morgan fingerprint density at radius 3 is 2.84 bits per heavy atom. The normalized spacial score (nSPS) is 20.8. The highest BCUT2D eigenvalue weighted by Gasteiger charge is 2.36. The second-order valence-electron chi connectivity index (χ2n) is 4.39. The first kappa shape index (κ1) is 14.2. The van der Waals surface area contributed by atoms with Gasteiger partial charge < -0.3 is 5.73 Å². The molecule has 0 aliphatic carbocycles. The molecule has 7 nitrogen and oxygen atoms in total. The quantitative estimate of drug-likeness (QED) is 0.674. The fraction of sp³-hybridized carbons (Fsp3) is 0.600. The summed E-state index contributed by atoms with van der Waals surface area (Å²) in [6, 6.07) is 1.03. The van der Waals surface area contributed by atoms with Gasteiger partial charge in [-0.05, 0) is 19.3 Å². The van der Waals surface area contributed by atoms with Gasteiger partial charge >= 0.3 is 5.69 Å². The smallest absolute Gasteiger partial charge is 0.304 e. The van der Waals surface area contributed by atoms with Crippen LogP contribution in [0.25, 0.3) is 0 Å². The van der Waals surface area contributed by atoms with Crippen LogP contribution in [0, 0.1) is 10.1 Å². The van der Waals surface area contributed by atoms with E-state index in [1.165, 1.54) is 4.31 Å². The summed E-state index contributed by atoms with van der Waals surface area (Å²) in [7, 11) is -3.67. The number of nitrogens with two attached hydrogens (primary N) is 1. The molecule has 2 rings (SSSR count). The number of hydrogen-bond acceptors (Lipinski definition) is 6. The third-order valence-electron chi connectivity index (χ3n) is 3.27. The zero-order valence-corrected chi connectivity index (χ0v) is 12.0. The van der Waals surface area contributed by atoms with Crippen LogP contribution in [0.2, 0.25) is 0 Å². The minimum atomic E-state index is -3.67. The Kier molecular flexibility index (Phi) is 3.79. The number of rotatable bonds is 4. The molecule has 2 N–H and O–H groups in total. The number of nitrogen functional groups attached to an aromatic ring is 1. The average Bonchev–Trinajstić information content (AvgIpc) is 2.94. The summed E-state index contributed by atoms with van der Waals surface area (Å²) in [4.78, 5) is 10.1. The van der Waals surface area contributed by atoms with E-state index in [0.717, 1.165) is 36.7 Å². The lowest BCUT2D eigenvalue weighted by Crippen LogP contribution is -2.34. The maximum atomic E-state index is 12.5. The monoisotopic (exact) mass is 305 g/mol. The average molecular weight is 305 g/mol. The van der Waals surface area contributed by atoms with Crippen LogP contribution in [0.1, 0.15) is 26.2 Å². The zero-order chi connectivity index (χ0) is 14.2. The highest BCUT2D eigenvalue weighted by Crippen LogP contribution is 2.37. The minimum Gasteiger partial charge on any atom is -0.385 e. The van der Waals surface area contributed by atoms with Crippen molar-refractivity contribution in [1.82, 2.24) is 4.31 Å². The van der Waals surface area contributed by atoms with E-state index in [-0.39, 0.29) is 20.9 Å². The molecule has 1 aliphatic heterocycles. The third-order valence-corrected chi connectivity index (χ3v) is 6.63. The van der Waals surface area contributed by atoms with Gasteiger partial charge in [-0.25, -0.2) is 8.42 Å². The summed E-state index contributed by atoms with van der Waals surface area (Å²) in [5, 5.41) is 10.7. The van der Waals surface area contributed by atoms with Crippen LogP contribution < -0.4 is 5.73 Å². The van der Waals surface area contributed by atoms with Crippen molar-refractivity contribution in [2.45, 2.75) is 36.4 Å². The van der Waals surface area contributed by atoms with Crippen molar-refractivity contribution >= 4 is 32.0 Å². The van der Waals surface area contributed by atoms with Crippen LogP contribution in [-0.4, -0.2) is 30.2 Å². The molecule has 1 aromatic heterocycles. The van der Waals surface area contributed by atoms with E-state index in [0.29, 0.717) is 6.54 Å². The third kappa shape index (κ3) is 2.45. The molecule has 0 saturated carbocycles. The summed E-state index contributed by atoms with van der Waals surface area (Å²) in [5.41, 5.74) is 5.16. The van der Waals surface area contributed by atoms with E-state index in [2.05, 4.69) is 0 Å². The van der Waals surface area contributed by atoms with Crippen LogP contribution in [0.5, 0.6) is 0 Å². The Hall–Kier alpha value is -1.19. The van der Waals surface area contributed by atoms with Crippen molar-refractivity contribution in [1.29, 1.82) is 0 Å². The second-order valence-corrected chi connectivity index (χ2v) is 7.59. The number of nitro groups is 1. The van der Waals surface area contributed by atoms with Crippen LogP contribution in [0.3, 0.4) is 0 Å². The molecule has 0 spiro atoms. The Morgan fingerprint density at radius 1 is 1.63 bits per heavy atom. The molecule has 1 saturated heterocycles. The van der Waals surface area contributed by atoms with Crippen LogP contribution in [0.4, 0.5) is 10.7 Å². The highest BCUT2D eigenvalue weighted by atomic mass is 32.2. The molecule has 1 aromatic rings. The molecule has 2 heterocycles. The van der Waals surface area contributed by atoms with E-state index < -0.39 is 14.9 Å². The van der Waals surface area contributed by atoms with E-state index in [4.69, 9.17) is 5.73 Å². The molecule has 1 atom stereocenters. The number of sulfonamides is 1. The number of anilines is 1. The van der Waals surface area contributed by atoms with Gasteiger partial charge in [0.15, 0.2) is 5.00 Å². The van der Waals surface area contributed by atoms with E-state index in [1.807, 2.05) is 6.92 Å². The summed E-state index contributed by atoms with van der Waals surface area (Å²) in [6.07, 6.45) is 2.39. The van der Waals surface area contributed by atoms with Crippen molar-refractivity contribution in [3.8, 4) is 0 Å². The molecule has 9 heteroatoms. The van der Waals surface area contributed by atoms with Gasteiger partial charge in [-0.1, -0.05) is 18.3 Å².